The van der Waals surface area contributed by atoms with Crippen LogP contribution in [0.4, 0.5) is 0 Å². The van der Waals surface area contributed by atoms with Crippen molar-refractivity contribution in [3.8, 4) is 17.2 Å². The number of phenols is 1. The molecule has 0 bridgehead atoms. The van der Waals surface area contributed by atoms with Crippen LogP contribution < -0.4 is 9.47 Å². The molecule has 0 unspecified atom stereocenters. The van der Waals surface area contributed by atoms with E-state index in [1.54, 1.807) is 25.3 Å². The van der Waals surface area contributed by atoms with Crippen molar-refractivity contribution in [1.82, 2.24) is 0 Å². The van der Waals surface area contributed by atoms with E-state index in [4.69, 9.17) is 14.2 Å². The third kappa shape index (κ3) is 1.73. The summed E-state index contributed by atoms with van der Waals surface area (Å²) >= 11 is 0. The summed E-state index contributed by atoms with van der Waals surface area (Å²) in [5, 5.41) is 21.4. The highest BCUT2D eigenvalue weighted by molar-refractivity contribution is 5.65. The number of hydrogen-bond acceptors (Lipinski definition) is 5. The third-order valence-electron chi connectivity index (χ3n) is 4.17. The number of methoxy groups -OCH3 is 3. The first kappa shape index (κ1) is 14.7. The zero-order chi connectivity index (χ0) is 15.9. The second kappa shape index (κ2) is 5.19. The van der Waals surface area contributed by atoms with Gasteiger partial charge < -0.3 is 24.4 Å². The van der Waals surface area contributed by atoms with Crippen molar-refractivity contribution < 1.29 is 24.4 Å². The van der Waals surface area contributed by atoms with Crippen LogP contribution in [0.1, 0.15) is 22.8 Å². The second-order valence-electron chi connectivity index (χ2n) is 5.16. The molecule has 2 aromatic rings. The quantitative estimate of drug-likeness (QED) is 0.907. The van der Waals surface area contributed by atoms with Gasteiger partial charge in [-0.1, -0.05) is 24.3 Å². The molecule has 5 nitrogen and oxygen atoms in total. The first-order chi connectivity index (χ1) is 10.6. The van der Waals surface area contributed by atoms with Gasteiger partial charge in [0.1, 0.15) is 11.9 Å². The molecule has 1 aliphatic rings. The molecular formula is C17H18O5. The van der Waals surface area contributed by atoms with Gasteiger partial charge in [0.25, 0.3) is 0 Å². The Morgan fingerprint density at radius 1 is 1.00 bits per heavy atom. The lowest BCUT2D eigenvalue weighted by Gasteiger charge is -2.47. The molecular weight excluding hydrogens is 284 g/mol. The summed E-state index contributed by atoms with van der Waals surface area (Å²) in [5.41, 5.74) is 0.415. The van der Waals surface area contributed by atoms with Gasteiger partial charge in [-0.25, -0.2) is 0 Å². The van der Waals surface area contributed by atoms with Crippen molar-refractivity contribution in [2.24, 2.45) is 0 Å². The summed E-state index contributed by atoms with van der Waals surface area (Å²) < 4.78 is 16.1. The van der Waals surface area contributed by atoms with E-state index in [9.17, 15) is 10.2 Å². The molecule has 0 spiro atoms. The number of benzene rings is 2. The average Bonchev–Trinajstić information content (AvgIpc) is 2.55. The van der Waals surface area contributed by atoms with Crippen LogP contribution in [0.15, 0.2) is 36.4 Å². The van der Waals surface area contributed by atoms with Crippen molar-refractivity contribution in [3.05, 3.63) is 53.1 Å². The van der Waals surface area contributed by atoms with Crippen LogP contribution >= 0.6 is 0 Å². The largest absolute Gasteiger partial charge is 0.504 e. The maximum absolute atomic E-state index is 11.3. The lowest BCUT2D eigenvalue weighted by Crippen LogP contribution is -2.46. The van der Waals surface area contributed by atoms with Crippen molar-refractivity contribution in [3.63, 3.8) is 0 Å². The minimum Gasteiger partial charge on any atom is -0.504 e. The molecule has 5 heteroatoms. The number of fused-ring (bicyclic) bond motifs is 1. The molecule has 1 aliphatic carbocycles. The molecule has 2 N–H and O–H groups in total. The molecule has 0 radical (unpaired) electrons. The van der Waals surface area contributed by atoms with E-state index in [0.717, 1.165) is 5.56 Å². The van der Waals surface area contributed by atoms with E-state index in [1.807, 2.05) is 12.1 Å². The predicted octanol–water partition coefficient (Wildman–Crippen LogP) is 2.35. The summed E-state index contributed by atoms with van der Waals surface area (Å²) in [5.74, 6) is 0.770. The maximum atomic E-state index is 11.3. The van der Waals surface area contributed by atoms with Crippen molar-refractivity contribution >= 4 is 0 Å². The molecule has 2 atom stereocenters. The minimum atomic E-state index is -1.44. The van der Waals surface area contributed by atoms with Gasteiger partial charge in [0.2, 0.25) is 0 Å². The Morgan fingerprint density at radius 3 is 2.36 bits per heavy atom. The van der Waals surface area contributed by atoms with E-state index < -0.39 is 11.7 Å². The molecule has 0 amide bonds. The van der Waals surface area contributed by atoms with Gasteiger partial charge >= 0.3 is 0 Å². The summed E-state index contributed by atoms with van der Waals surface area (Å²) in [4.78, 5) is 0. The van der Waals surface area contributed by atoms with Gasteiger partial charge in [-0.2, -0.15) is 0 Å². The zero-order valence-electron chi connectivity index (χ0n) is 12.7. The van der Waals surface area contributed by atoms with Crippen molar-refractivity contribution in [2.75, 3.05) is 21.3 Å². The molecule has 3 rings (SSSR count). The third-order valence-corrected chi connectivity index (χ3v) is 4.17. The smallest absolute Gasteiger partial charge is 0.167 e. The minimum absolute atomic E-state index is 0.0240. The van der Waals surface area contributed by atoms with Gasteiger partial charge in [-0.05, 0) is 17.7 Å². The lowest BCUT2D eigenvalue weighted by atomic mass is 9.66. The molecule has 116 valence electrons. The first-order valence-electron chi connectivity index (χ1n) is 6.88. The number of aromatic hydroxyl groups is 1. The van der Waals surface area contributed by atoms with Crippen LogP contribution in [0.2, 0.25) is 0 Å². The SMILES string of the molecule is COc1ccccc1[C@@]1(O)c2c(ccc(O)c2OC)[C@H]1OC. The van der Waals surface area contributed by atoms with E-state index >= 15 is 0 Å². The molecule has 22 heavy (non-hydrogen) atoms. The summed E-state index contributed by atoms with van der Waals surface area (Å²) in [6.07, 6.45) is -0.562. The number of hydrogen-bond donors (Lipinski definition) is 2. The van der Waals surface area contributed by atoms with Gasteiger partial charge in [0.15, 0.2) is 17.1 Å². The van der Waals surface area contributed by atoms with Crippen molar-refractivity contribution in [1.29, 1.82) is 0 Å². The highest BCUT2D eigenvalue weighted by atomic mass is 16.5. The summed E-state index contributed by atoms with van der Waals surface area (Å²) in [6.45, 7) is 0. The molecule has 0 aromatic heterocycles. The lowest BCUT2D eigenvalue weighted by molar-refractivity contribution is -0.105. The fraction of sp³-hybridized carbons (Fsp3) is 0.294. The van der Waals surface area contributed by atoms with Crippen LogP contribution in [0.25, 0.3) is 0 Å². The number of ether oxygens (including phenoxy) is 3. The Labute approximate surface area is 128 Å². The van der Waals surface area contributed by atoms with E-state index in [2.05, 4.69) is 0 Å². The first-order valence-corrected chi connectivity index (χ1v) is 6.88. The summed E-state index contributed by atoms with van der Waals surface area (Å²) in [6, 6.07) is 10.4. The van der Waals surface area contributed by atoms with Crippen molar-refractivity contribution in [2.45, 2.75) is 11.7 Å². The fourth-order valence-electron chi connectivity index (χ4n) is 3.22. The monoisotopic (exact) mass is 302 g/mol. The van der Waals surface area contributed by atoms with Crippen LogP contribution in [-0.4, -0.2) is 31.5 Å². The number of phenolic OH excluding ortho intramolecular Hbond substituents is 1. The molecule has 0 saturated carbocycles. The predicted molar refractivity (Wildman–Crippen MR) is 80.4 cm³/mol. The molecule has 0 aliphatic heterocycles. The van der Waals surface area contributed by atoms with Gasteiger partial charge in [0, 0.05) is 18.2 Å². The van der Waals surface area contributed by atoms with E-state index in [-0.39, 0.29) is 11.5 Å². The summed E-state index contributed by atoms with van der Waals surface area (Å²) in [7, 11) is 4.54. The van der Waals surface area contributed by atoms with Gasteiger partial charge in [-0.15, -0.1) is 0 Å². The van der Waals surface area contributed by atoms with Crippen LogP contribution in [0.5, 0.6) is 17.2 Å². The Kier molecular flexibility index (Phi) is 3.47. The number of aliphatic hydroxyl groups is 1. The maximum Gasteiger partial charge on any atom is 0.167 e. The average molecular weight is 302 g/mol. The Bertz CT molecular complexity index is 712. The molecule has 0 saturated heterocycles. The Hall–Kier alpha value is -2.24. The molecule has 0 heterocycles. The fourth-order valence-corrected chi connectivity index (χ4v) is 3.22. The van der Waals surface area contributed by atoms with Gasteiger partial charge in [-0.3, -0.25) is 0 Å². The van der Waals surface area contributed by atoms with Crippen LogP contribution in [0, 0.1) is 0 Å². The van der Waals surface area contributed by atoms with E-state index in [1.165, 1.54) is 20.3 Å². The Balaban J connectivity index is 2.27. The zero-order valence-corrected chi connectivity index (χ0v) is 12.7. The Morgan fingerprint density at radius 2 is 1.73 bits per heavy atom. The van der Waals surface area contributed by atoms with Crippen LogP contribution in [-0.2, 0) is 10.3 Å². The van der Waals surface area contributed by atoms with Crippen LogP contribution in [0.3, 0.4) is 0 Å². The standard InChI is InChI=1S/C17H18O5/c1-20-13-7-5-4-6-11(13)17(19)14-10(16(17)22-3)8-9-12(18)15(14)21-2/h4-9,16,18-19H,1-3H3/t16-,17-/m1/s1. The number of para-hydroxylation sites is 1. The van der Waals surface area contributed by atoms with E-state index in [0.29, 0.717) is 16.9 Å². The highest BCUT2D eigenvalue weighted by Gasteiger charge is 2.56. The molecule has 2 aromatic carbocycles. The number of rotatable bonds is 4. The van der Waals surface area contributed by atoms with Gasteiger partial charge in [0.05, 0.1) is 14.2 Å². The topological polar surface area (TPSA) is 68.2 Å². The normalized spacial score (nSPS) is 22.6. The second-order valence-corrected chi connectivity index (χ2v) is 5.16. The molecule has 0 fully saturated rings. The highest BCUT2D eigenvalue weighted by Crippen LogP contribution is 2.60.